The van der Waals surface area contributed by atoms with Crippen LogP contribution in [0.25, 0.3) is 0 Å². The summed E-state index contributed by atoms with van der Waals surface area (Å²) in [6.07, 6.45) is -4.78. The molecule has 0 aromatic heterocycles. The zero-order chi connectivity index (χ0) is 14.5. The van der Waals surface area contributed by atoms with Crippen LogP contribution < -0.4 is 10.6 Å². The highest BCUT2D eigenvalue weighted by Gasteiger charge is 2.33. The van der Waals surface area contributed by atoms with Crippen LogP contribution in [-0.2, 0) is 6.18 Å². The van der Waals surface area contributed by atoms with Gasteiger partial charge in [-0.1, -0.05) is 12.1 Å². The SMILES string of the molecule is CC(O)CCNC(=O)Nc1ccccc1C(F)(F)F. The van der Waals surface area contributed by atoms with Crippen molar-refractivity contribution in [2.24, 2.45) is 0 Å². The predicted molar refractivity (Wildman–Crippen MR) is 64.8 cm³/mol. The lowest BCUT2D eigenvalue weighted by Gasteiger charge is -2.14. The van der Waals surface area contributed by atoms with Crippen molar-refractivity contribution in [3.8, 4) is 0 Å². The number of aliphatic hydroxyl groups is 1. The second-order valence-electron chi connectivity index (χ2n) is 4.06. The third kappa shape index (κ3) is 5.17. The lowest BCUT2D eigenvalue weighted by atomic mass is 10.1. The maximum absolute atomic E-state index is 12.7. The van der Waals surface area contributed by atoms with Gasteiger partial charge in [0.15, 0.2) is 0 Å². The van der Waals surface area contributed by atoms with Gasteiger partial charge in [-0.15, -0.1) is 0 Å². The molecule has 0 radical (unpaired) electrons. The number of amides is 2. The standard InChI is InChI=1S/C12H15F3N2O2/c1-8(18)6-7-16-11(19)17-10-5-3-2-4-9(10)12(13,14)15/h2-5,8,18H,6-7H2,1H3,(H2,16,17,19). The number of alkyl halides is 3. The van der Waals surface area contributed by atoms with Crippen LogP contribution in [-0.4, -0.2) is 23.8 Å². The molecule has 0 fully saturated rings. The van der Waals surface area contributed by atoms with Gasteiger partial charge in [0.25, 0.3) is 0 Å². The van der Waals surface area contributed by atoms with Gasteiger partial charge in [-0.3, -0.25) is 0 Å². The smallest absolute Gasteiger partial charge is 0.393 e. The fourth-order valence-electron chi connectivity index (χ4n) is 1.40. The van der Waals surface area contributed by atoms with Gasteiger partial charge in [0.05, 0.1) is 17.4 Å². The summed E-state index contributed by atoms with van der Waals surface area (Å²) in [6.45, 7) is 1.73. The Morgan fingerprint density at radius 1 is 1.37 bits per heavy atom. The normalized spacial score (nSPS) is 12.9. The van der Waals surface area contributed by atoms with Crippen molar-refractivity contribution in [1.29, 1.82) is 0 Å². The molecule has 1 rings (SSSR count). The Bertz CT molecular complexity index is 433. The van der Waals surface area contributed by atoms with E-state index in [9.17, 15) is 18.0 Å². The van der Waals surface area contributed by atoms with E-state index in [1.54, 1.807) is 6.92 Å². The van der Waals surface area contributed by atoms with Gasteiger partial charge in [-0.2, -0.15) is 13.2 Å². The van der Waals surface area contributed by atoms with Crippen LogP contribution in [0.3, 0.4) is 0 Å². The van der Waals surface area contributed by atoms with Crippen molar-refractivity contribution >= 4 is 11.7 Å². The molecule has 7 heteroatoms. The fraction of sp³-hybridized carbons (Fsp3) is 0.417. The number of carbonyl (C=O) groups excluding carboxylic acids is 1. The molecule has 0 aliphatic rings. The number of anilines is 1. The Balaban J connectivity index is 2.64. The van der Waals surface area contributed by atoms with Crippen LogP contribution in [0.5, 0.6) is 0 Å². The molecule has 2 amide bonds. The van der Waals surface area contributed by atoms with E-state index in [0.717, 1.165) is 6.07 Å². The largest absolute Gasteiger partial charge is 0.418 e. The number of hydrogen-bond donors (Lipinski definition) is 3. The van der Waals surface area contributed by atoms with E-state index >= 15 is 0 Å². The molecule has 1 atom stereocenters. The van der Waals surface area contributed by atoms with Gasteiger partial charge in [-0.05, 0) is 25.5 Å². The average Bonchev–Trinajstić information content (AvgIpc) is 2.27. The number of rotatable bonds is 4. The van der Waals surface area contributed by atoms with Crippen LogP contribution in [0.15, 0.2) is 24.3 Å². The molecule has 1 aromatic carbocycles. The maximum atomic E-state index is 12.7. The molecular weight excluding hydrogens is 261 g/mol. The minimum Gasteiger partial charge on any atom is -0.393 e. The molecule has 4 nitrogen and oxygen atoms in total. The molecule has 0 bridgehead atoms. The predicted octanol–water partition coefficient (Wildman–Crippen LogP) is 2.60. The summed E-state index contributed by atoms with van der Waals surface area (Å²) in [4.78, 5) is 11.4. The Morgan fingerprint density at radius 2 is 2.00 bits per heavy atom. The Kier molecular flexibility index (Phi) is 5.17. The Morgan fingerprint density at radius 3 is 2.58 bits per heavy atom. The van der Waals surface area contributed by atoms with Crippen LogP contribution in [0, 0.1) is 0 Å². The molecule has 106 valence electrons. The number of urea groups is 1. The van der Waals surface area contributed by atoms with Crippen molar-refractivity contribution in [2.45, 2.75) is 25.6 Å². The summed E-state index contributed by atoms with van der Waals surface area (Å²) in [7, 11) is 0. The minimum absolute atomic E-state index is 0.178. The Hall–Kier alpha value is -1.76. The molecule has 0 aliphatic heterocycles. The van der Waals surface area contributed by atoms with Crippen molar-refractivity contribution in [3.05, 3.63) is 29.8 Å². The van der Waals surface area contributed by atoms with E-state index in [-0.39, 0.29) is 12.2 Å². The van der Waals surface area contributed by atoms with Crippen LogP contribution >= 0.6 is 0 Å². The molecule has 1 unspecified atom stereocenters. The Labute approximate surface area is 108 Å². The second kappa shape index (κ2) is 6.42. The molecular formula is C12H15F3N2O2. The first-order chi connectivity index (χ1) is 8.80. The van der Waals surface area contributed by atoms with Crippen molar-refractivity contribution in [1.82, 2.24) is 5.32 Å². The zero-order valence-corrected chi connectivity index (χ0v) is 10.3. The minimum atomic E-state index is -4.52. The summed E-state index contributed by atoms with van der Waals surface area (Å²) in [5.41, 5.74) is -1.20. The number of para-hydroxylation sites is 1. The number of halogens is 3. The van der Waals surface area contributed by atoms with Crippen molar-refractivity contribution < 1.29 is 23.1 Å². The third-order valence-corrected chi connectivity index (χ3v) is 2.33. The highest BCUT2D eigenvalue weighted by molar-refractivity contribution is 5.90. The molecule has 0 heterocycles. The first-order valence-corrected chi connectivity index (χ1v) is 5.70. The molecule has 0 spiro atoms. The summed E-state index contributed by atoms with van der Waals surface area (Å²) in [5, 5.41) is 13.5. The quantitative estimate of drug-likeness (QED) is 0.791. The van der Waals surface area contributed by atoms with Crippen LogP contribution in [0.1, 0.15) is 18.9 Å². The maximum Gasteiger partial charge on any atom is 0.418 e. The summed E-state index contributed by atoms with van der Waals surface area (Å²) in [5.74, 6) is 0. The summed E-state index contributed by atoms with van der Waals surface area (Å²) in [6, 6.07) is 3.99. The first-order valence-electron chi connectivity index (χ1n) is 5.70. The second-order valence-corrected chi connectivity index (χ2v) is 4.06. The number of carbonyl (C=O) groups is 1. The van der Waals surface area contributed by atoms with Crippen LogP contribution in [0.4, 0.5) is 23.7 Å². The highest BCUT2D eigenvalue weighted by atomic mass is 19.4. The summed E-state index contributed by atoms with van der Waals surface area (Å²) < 4.78 is 38.0. The highest BCUT2D eigenvalue weighted by Crippen LogP contribution is 2.34. The lowest BCUT2D eigenvalue weighted by molar-refractivity contribution is -0.136. The first kappa shape index (κ1) is 15.3. The van der Waals surface area contributed by atoms with Gasteiger partial charge in [0.1, 0.15) is 0 Å². The molecule has 0 saturated heterocycles. The summed E-state index contributed by atoms with van der Waals surface area (Å²) >= 11 is 0. The van der Waals surface area contributed by atoms with Gasteiger partial charge in [-0.25, -0.2) is 4.79 Å². The van der Waals surface area contributed by atoms with Crippen molar-refractivity contribution in [3.63, 3.8) is 0 Å². The van der Waals surface area contributed by atoms with E-state index in [1.807, 2.05) is 0 Å². The van der Waals surface area contributed by atoms with E-state index in [0.29, 0.717) is 6.42 Å². The fourth-order valence-corrected chi connectivity index (χ4v) is 1.40. The number of benzene rings is 1. The number of nitrogens with one attached hydrogen (secondary N) is 2. The van der Waals surface area contributed by atoms with Gasteiger partial charge >= 0.3 is 12.2 Å². The monoisotopic (exact) mass is 276 g/mol. The number of aliphatic hydroxyl groups excluding tert-OH is 1. The molecule has 0 saturated carbocycles. The molecule has 1 aromatic rings. The number of hydrogen-bond acceptors (Lipinski definition) is 2. The topological polar surface area (TPSA) is 61.4 Å². The third-order valence-electron chi connectivity index (χ3n) is 2.33. The van der Waals surface area contributed by atoms with Gasteiger partial charge in [0.2, 0.25) is 0 Å². The zero-order valence-electron chi connectivity index (χ0n) is 10.3. The molecule has 0 aliphatic carbocycles. The van der Waals surface area contributed by atoms with Gasteiger partial charge < -0.3 is 15.7 Å². The average molecular weight is 276 g/mol. The van der Waals surface area contributed by atoms with Crippen molar-refractivity contribution in [2.75, 3.05) is 11.9 Å². The van der Waals surface area contributed by atoms with E-state index < -0.39 is 23.9 Å². The lowest BCUT2D eigenvalue weighted by Crippen LogP contribution is -2.31. The van der Waals surface area contributed by atoms with E-state index in [4.69, 9.17) is 5.11 Å². The van der Waals surface area contributed by atoms with E-state index in [1.165, 1.54) is 18.2 Å². The molecule has 3 N–H and O–H groups in total. The molecule has 19 heavy (non-hydrogen) atoms. The van der Waals surface area contributed by atoms with Crippen LogP contribution in [0.2, 0.25) is 0 Å². The van der Waals surface area contributed by atoms with E-state index in [2.05, 4.69) is 10.6 Å². The van der Waals surface area contributed by atoms with Gasteiger partial charge in [0, 0.05) is 6.54 Å².